The standard InChI is InChI=1S/C20H24FN6O6P/c1-11(12(2)28)26-34(30,33-14-5-3-13(21)4-6-14)31-8-16-15(29)7-17(32-16)27-10-25-18-19(22)23-9-24-20(18)27/h3-6,9-11,15-17,29H,7-8H2,1-2H3,(H,26,30)(H2,22,23,24)/t11-,15+,16+,17+,34?/m0/s1. The molecule has 4 rings (SSSR count). The number of aliphatic hydroxyl groups is 1. The van der Waals surface area contributed by atoms with Crippen LogP contribution in [-0.2, 0) is 18.6 Å². The number of anilines is 1. The Balaban J connectivity index is 1.47. The van der Waals surface area contributed by atoms with Crippen LogP contribution in [-0.4, -0.2) is 55.3 Å². The summed E-state index contributed by atoms with van der Waals surface area (Å²) in [6, 6.07) is 3.97. The number of ketones is 1. The highest BCUT2D eigenvalue weighted by Crippen LogP contribution is 2.46. The van der Waals surface area contributed by atoms with Crippen LogP contribution in [0.4, 0.5) is 10.2 Å². The molecular formula is C20H24FN6O6P. The zero-order valence-corrected chi connectivity index (χ0v) is 19.3. The average molecular weight is 494 g/mol. The second kappa shape index (κ2) is 9.72. The number of hydrogen-bond acceptors (Lipinski definition) is 10. The van der Waals surface area contributed by atoms with Crippen molar-refractivity contribution in [2.24, 2.45) is 0 Å². The molecule has 0 spiro atoms. The van der Waals surface area contributed by atoms with Crippen LogP contribution in [0.3, 0.4) is 0 Å². The second-order valence-corrected chi connectivity index (χ2v) is 9.51. The lowest BCUT2D eigenvalue weighted by Gasteiger charge is -2.24. The van der Waals surface area contributed by atoms with Gasteiger partial charge in [-0.1, -0.05) is 0 Å². The van der Waals surface area contributed by atoms with Gasteiger partial charge in [-0.15, -0.1) is 0 Å². The highest BCUT2D eigenvalue weighted by atomic mass is 31.2. The molecule has 1 fully saturated rings. The Kier molecular flexibility index (Phi) is 6.91. The summed E-state index contributed by atoms with van der Waals surface area (Å²) in [5.41, 5.74) is 6.66. The number of hydrogen-bond donors (Lipinski definition) is 3. The van der Waals surface area contributed by atoms with Crippen molar-refractivity contribution in [3.8, 4) is 5.75 Å². The fourth-order valence-corrected chi connectivity index (χ4v) is 4.92. The van der Waals surface area contributed by atoms with Gasteiger partial charge in [0.2, 0.25) is 0 Å². The van der Waals surface area contributed by atoms with Gasteiger partial charge in [0.05, 0.1) is 25.1 Å². The number of nitrogens with one attached hydrogen (secondary N) is 1. The summed E-state index contributed by atoms with van der Waals surface area (Å²) in [4.78, 5) is 23.9. The maximum atomic E-state index is 13.4. The van der Waals surface area contributed by atoms with Gasteiger partial charge in [-0.2, -0.15) is 0 Å². The van der Waals surface area contributed by atoms with E-state index >= 15 is 0 Å². The van der Waals surface area contributed by atoms with E-state index in [1.807, 2.05) is 0 Å². The van der Waals surface area contributed by atoms with E-state index < -0.39 is 38.0 Å². The van der Waals surface area contributed by atoms with Crippen LogP contribution in [0.15, 0.2) is 36.9 Å². The normalized spacial score (nSPS) is 23.0. The van der Waals surface area contributed by atoms with Gasteiger partial charge in [0.1, 0.15) is 41.5 Å². The van der Waals surface area contributed by atoms with Gasteiger partial charge in [0, 0.05) is 6.42 Å². The van der Waals surface area contributed by atoms with Crippen LogP contribution in [0.1, 0.15) is 26.5 Å². The number of ether oxygens (including phenoxy) is 1. The number of Topliss-reactive ketones (excluding diaryl/α,β-unsaturated/α-hetero) is 1. The molecule has 2 aromatic heterocycles. The summed E-state index contributed by atoms with van der Waals surface area (Å²) >= 11 is 0. The number of halogens is 1. The lowest BCUT2D eigenvalue weighted by Crippen LogP contribution is -2.34. The predicted octanol–water partition coefficient (Wildman–Crippen LogP) is 1.97. The molecule has 1 unspecified atom stereocenters. The molecule has 12 nitrogen and oxygen atoms in total. The third-order valence-corrected chi connectivity index (χ3v) is 6.95. The Bertz CT molecular complexity index is 1220. The zero-order valence-electron chi connectivity index (χ0n) is 18.4. The summed E-state index contributed by atoms with van der Waals surface area (Å²) in [5.74, 6) is -0.509. The number of carbonyl (C=O) groups excluding carboxylic acids is 1. The number of nitrogen functional groups attached to an aromatic ring is 1. The average Bonchev–Trinajstić information content (AvgIpc) is 3.38. The predicted molar refractivity (Wildman–Crippen MR) is 118 cm³/mol. The Labute approximate surface area is 193 Å². The van der Waals surface area contributed by atoms with Crippen LogP contribution in [0.2, 0.25) is 0 Å². The summed E-state index contributed by atoms with van der Waals surface area (Å²) in [7, 11) is -4.11. The molecule has 1 aromatic carbocycles. The molecule has 0 radical (unpaired) electrons. The topological polar surface area (TPSA) is 164 Å². The Morgan fingerprint density at radius 3 is 2.82 bits per heavy atom. The molecule has 0 saturated carbocycles. The molecule has 0 bridgehead atoms. The molecule has 3 heterocycles. The van der Waals surface area contributed by atoms with Crippen molar-refractivity contribution in [3.63, 3.8) is 0 Å². The highest BCUT2D eigenvalue weighted by Gasteiger charge is 2.39. The zero-order chi connectivity index (χ0) is 24.5. The van der Waals surface area contributed by atoms with E-state index in [0.717, 1.165) is 12.1 Å². The Hall–Kier alpha value is -2.96. The molecule has 0 aliphatic carbocycles. The van der Waals surface area contributed by atoms with E-state index in [-0.39, 0.29) is 30.4 Å². The molecule has 1 aliphatic heterocycles. The number of aromatic nitrogens is 4. The smallest absolute Gasteiger partial charge is 0.413 e. The number of carbonyl (C=O) groups is 1. The van der Waals surface area contributed by atoms with Gasteiger partial charge in [-0.3, -0.25) is 13.9 Å². The van der Waals surface area contributed by atoms with Crippen molar-refractivity contribution in [1.82, 2.24) is 24.6 Å². The molecule has 1 saturated heterocycles. The van der Waals surface area contributed by atoms with Crippen LogP contribution >= 0.6 is 7.75 Å². The van der Waals surface area contributed by atoms with Crippen molar-refractivity contribution in [2.45, 2.75) is 44.7 Å². The third kappa shape index (κ3) is 5.24. The quantitative estimate of drug-likeness (QED) is 0.373. The van der Waals surface area contributed by atoms with E-state index in [9.17, 15) is 18.9 Å². The molecule has 34 heavy (non-hydrogen) atoms. The first-order valence-electron chi connectivity index (χ1n) is 10.4. The molecule has 4 N–H and O–H groups in total. The van der Waals surface area contributed by atoms with E-state index in [0.29, 0.717) is 11.2 Å². The number of nitrogens with zero attached hydrogens (tertiary/aromatic N) is 4. The minimum absolute atomic E-state index is 0.0703. The monoisotopic (exact) mass is 494 g/mol. The van der Waals surface area contributed by atoms with Crippen molar-refractivity contribution in [2.75, 3.05) is 12.3 Å². The number of nitrogens with two attached hydrogens (primary N) is 1. The number of aliphatic hydroxyl groups excluding tert-OH is 1. The first-order valence-corrected chi connectivity index (χ1v) is 11.9. The van der Waals surface area contributed by atoms with Crippen LogP contribution < -0.4 is 15.3 Å². The van der Waals surface area contributed by atoms with Crippen molar-refractivity contribution in [1.29, 1.82) is 0 Å². The van der Waals surface area contributed by atoms with Crippen LogP contribution in [0.5, 0.6) is 5.75 Å². The first kappa shape index (κ1) is 24.2. The van der Waals surface area contributed by atoms with Crippen molar-refractivity contribution in [3.05, 3.63) is 42.7 Å². The molecule has 5 atom stereocenters. The van der Waals surface area contributed by atoms with E-state index in [1.54, 1.807) is 4.57 Å². The summed E-state index contributed by atoms with van der Waals surface area (Å²) in [6.45, 7) is 2.50. The summed E-state index contributed by atoms with van der Waals surface area (Å²) in [6.07, 6.45) is 0.489. The van der Waals surface area contributed by atoms with E-state index in [4.69, 9.17) is 19.5 Å². The van der Waals surface area contributed by atoms with Crippen LogP contribution in [0.25, 0.3) is 11.2 Å². The lowest BCUT2D eigenvalue weighted by atomic mass is 10.2. The molecule has 0 amide bonds. The van der Waals surface area contributed by atoms with Crippen molar-refractivity contribution >= 4 is 30.5 Å². The SMILES string of the molecule is CC(=O)[C@H](C)NP(=O)(OC[C@H]1O[C@@H](n2cnc3c(N)ncnc32)C[C@H]1O)Oc1ccc(F)cc1. The Morgan fingerprint density at radius 1 is 1.38 bits per heavy atom. The van der Waals surface area contributed by atoms with Crippen LogP contribution in [0, 0.1) is 5.82 Å². The second-order valence-electron chi connectivity index (χ2n) is 7.82. The van der Waals surface area contributed by atoms with Gasteiger partial charge in [0.15, 0.2) is 11.5 Å². The van der Waals surface area contributed by atoms with E-state index in [2.05, 4.69) is 20.0 Å². The summed E-state index contributed by atoms with van der Waals surface area (Å²) in [5, 5.41) is 13.1. The lowest BCUT2D eigenvalue weighted by molar-refractivity contribution is -0.118. The fourth-order valence-electron chi connectivity index (χ4n) is 3.34. The molecule has 3 aromatic rings. The maximum absolute atomic E-state index is 13.4. The molecule has 182 valence electrons. The minimum Gasteiger partial charge on any atom is -0.413 e. The number of benzene rings is 1. The van der Waals surface area contributed by atoms with Gasteiger partial charge >= 0.3 is 7.75 Å². The van der Waals surface area contributed by atoms with Gasteiger partial charge in [-0.05, 0) is 38.1 Å². The summed E-state index contributed by atoms with van der Waals surface area (Å²) < 4.78 is 45.1. The van der Waals surface area contributed by atoms with Gasteiger partial charge in [-0.25, -0.2) is 29.0 Å². The van der Waals surface area contributed by atoms with Crippen molar-refractivity contribution < 1.29 is 32.6 Å². The van der Waals surface area contributed by atoms with E-state index in [1.165, 1.54) is 38.6 Å². The number of imidazole rings is 1. The number of fused-ring (bicyclic) bond motifs is 1. The largest absolute Gasteiger partial charge is 0.459 e. The minimum atomic E-state index is -4.11. The third-order valence-electron chi connectivity index (χ3n) is 5.31. The molecule has 1 aliphatic rings. The highest BCUT2D eigenvalue weighted by molar-refractivity contribution is 7.52. The molecule has 14 heteroatoms. The van der Waals surface area contributed by atoms with Gasteiger partial charge in [0.25, 0.3) is 0 Å². The Morgan fingerprint density at radius 2 is 2.12 bits per heavy atom. The first-order chi connectivity index (χ1) is 16.1. The maximum Gasteiger partial charge on any atom is 0.459 e. The number of rotatable bonds is 9. The fraction of sp³-hybridized carbons (Fsp3) is 0.400. The van der Waals surface area contributed by atoms with Gasteiger partial charge < -0.3 is 20.1 Å². The molecular weight excluding hydrogens is 470 g/mol.